The van der Waals surface area contributed by atoms with Crippen molar-refractivity contribution in [1.82, 2.24) is 4.98 Å². The Kier molecular flexibility index (Phi) is 3.37. The number of rotatable bonds is 3. The Morgan fingerprint density at radius 1 is 1.19 bits per heavy atom. The van der Waals surface area contributed by atoms with Crippen LogP contribution in [-0.4, -0.2) is 4.98 Å². The molecule has 2 heteroatoms. The lowest BCUT2D eigenvalue weighted by atomic mass is 9.90. The lowest BCUT2D eigenvalue weighted by molar-refractivity contribution is 1.06. The van der Waals surface area contributed by atoms with Gasteiger partial charge in [0, 0.05) is 11.3 Å². The highest BCUT2D eigenvalue weighted by molar-refractivity contribution is 5.78. The molecule has 0 bridgehead atoms. The fraction of sp³-hybridized carbons (Fsp3) is 0.421. The molecule has 0 unspecified atom stereocenters. The van der Waals surface area contributed by atoms with Crippen LogP contribution >= 0.6 is 0 Å². The van der Waals surface area contributed by atoms with Crippen LogP contribution < -0.4 is 0 Å². The van der Waals surface area contributed by atoms with E-state index in [9.17, 15) is 5.26 Å². The summed E-state index contributed by atoms with van der Waals surface area (Å²) < 4.78 is 0. The molecule has 1 saturated carbocycles. The average Bonchev–Trinajstić information content (AvgIpc) is 3.26. The number of nitrogens with zero attached hydrogens (tertiary/aromatic N) is 1. The number of nitrogens with one attached hydrogen (secondary N) is 1. The molecule has 0 saturated heterocycles. The maximum absolute atomic E-state index is 9.46. The van der Waals surface area contributed by atoms with Crippen molar-refractivity contribution in [2.45, 2.75) is 52.9 Å². The third kappa shape index (κ3) is 2.17. The Morgan fingerprint density at radius 3 is 2.48 bits per heavy atom. The van der Waals surface area contributed by atoms with Crippen LogP contribution in [0.3, 0.4) is 0 Å². The summed E-state index contributed by atoms with van der Waals surface area (Å²) in [5.74, 6) is 0.576. The van der Waals surface area contributed by atoms with E-state index in [0.717, 1.165) is 12.1 Å². The van der Waals surface area contributed by atoms with Crippen LogP contribution in [0.25, 0.3) is 11.1 Å². The molecule has 0 radical (unpaired) electrons. The summed E-state index contributed by atoms with van der Waals surface area (Å²) in [6.07, 6.45) is 3.36. The first-order valence-corrected chi connectivity index (χ1v) is 7.80. The lowest BCUT2D eigenvalue weighted by Gasteiger charge is -2.14. The van der Waals surface area contributed by atoms with E-state index >= 15 is 0 Å². The van der Waals surface area contributed by atoms with Gasteiger partial charge in [-0.3, -0.25) is 0 Å². The van der Waals surface area contributed by atoms with Gasteiger partial charge in [0.05, 0.1) is 0 Å². The molecule has 0 atom stereocenters. The van der Waals surface area contributed by atoms with E-state index in [4.69, 9.17) is 0 Å². The molecule has 1 N–H and O–H groups in total. The fourth-order valence-corrected chi connectivity index (χ4v) is 3.24. The van der Waals surface area contributed by atoms with Crippen molar-refractivity contribution in [3.05, 3.63) is 45.8 Å². The monoisotopic (exact) mass is 278 g/mol. The molecule has 2 aromatic rings. The molecule has 1 aliphatic carbocycles. The second kappa shape index (κ2) is 5.07. The van der Waals surface area contributed by atoms with Crippen molar-refractivity contribution in [2.75, 3.05) is 0 Å². The molecule has 0 amide bonds. The van der Waals surface area contributed by atoms with E-state index in [1.807, 2.05) is 0 Å². The molecule has 1 heterocycles. The van der Waals surface area contributed by atoms with Crippen molar-refractivity contribution in [3.63, 3.8) is 0 Å². The van der Waals surface area contributed by atoms with E-state index in [0.29, 0.717) is 5.92 Å². The van der Waals surface area contributed by atoms with Gasteiger partial charge in [0.2, 0.25) is 0 Å². The largest absolute Gasteiger partial charge is 0.349 e. The molecule has 0 spiro atoms. The van der Waals surface area contributed by atoms with E-state index in [2.05, 4.69) is 50.9 Å². The highest BCUT2D eigenvalue weighted by Gasteiger charge is 2.32. The minimum absolute atomic E-state index is 0.576. The Bertz CT molecular complexity index is 740. The molecular weight excluding hydrogens is 256 g/mol. The lowest BCUT2D eigenvalue weighted by Crippen LogP contribution is -1.95. The van der Waals surface area contributed by atoms with Gasteiger partial charge in [0.1, 0.15) is 11.8 Å². The predicted molar refractivity (Wildman–Crippen MR) is 86.5 cm³/mol. The Morgan fingerprint density at radius 2 is 1.90 bits per heavy atom. The van der Waals surface area contributed by atoms with Crippen molar-refractivity contribution >= 4 is 0 Å². The van der Waals surface area contributed by atoms with Crippen LogP contribution in [0.5, 0.6) is 0 Å². The SMILES string of the molecule is CCc1[nH]c(C#N)c(C2CC2)c1-c1ccc(C)c(C)c1C. The molecule has 3 rings (SSSR count). The quantitative estimate of drug-likeness (QED) is 0.850. The third-order valence-corrected chi connectivity index (χ3v) is 4.89. The number of aromatic nitrogens is 1. The van der Waals surface area contributed by atoms with E-state index in [1.54, 1.807) is 0 Å². The highest BCUT2D eigenvalue weighted by atomic mass is 14.7. The molecule has 1 aliphatic rings. The highest BCUT2D eigenvalue weighted by Crippen LogP contribution is 2.48. The van der Waals surface area contributed by atoms with Gasteiger partial charge in [-0.15, -0.1) is 0 Å². The first-order valence-electron chi connectivity index (χ1n) is 7.80. The molecular formula is C19H22N2. The van der Waals surface area contributed by atoms with Gasteiger partial charge in [-0.05, 0) is 73.8 Å². The van der Waals surface area contributed by atoms with Gasteiger partial charge in [0.15, 0.2) is 0 Å². The van der Waals surface area contributed by atoms with Gasteiger partial charge in [-0.25, -0.2) is 0 Å². The number of nitriles is 1. The van der Waals surface area contributed by atoms with Gasteiger partial charge >= 0.3 is 0 Å². The van der Waals surface area contributed by atoms with E-state index < -0.39 is 0 Å². The van der Waals surface area contributed by atoms with Gasteiger partial charge in [-0.1, -0.05) is 19.1 Å². The zero-order valence-electron chi connectivity index (χ0n) is 13.3. The Balaban J connectivity index is 2.29. The molecule has 0 aliphatic heterocycles. The minimum Gasteiger partial charge on any atom is -0.349 e. The van der Waals surface area contributed by atoms with Gasteiger partial charge < -0.3 is 4.98 Å². The van der Waals surface area contributed by atoms with Crippen LogP contribution in [0.4, 0.5) is 0 Å². The standard InChI is InChI=1S/C19H22N2/c1-5-16-19(15-9-6-11(2)12(3)13(15)4)18(14-7-8-14)17(10-20)21-16/h6,9,14,21H,5,7-8H2,1-4H3. The first kappa shape index (κ1) is 13.9. The fourth-order valence-electron chi connectivity index (χ4n) is 3.24. The zero-order chi connectivity index (χ0) is 15.1. The van der Waals surface area contributed by atoms with Gasteiger partial charge in [0.25, 0.3) is 0 Å². The van der Waals surface area contributed by atoms with Crippen molar-refractivity contribution in [3.8, 4) is 17.2 Å². The minimum atomic E-state index is 0.576. The topological polar surface area (TPSA) is 39.6 Å². The summed E-state index contributed by atoms with van der Waals surface area (Å²) in [4.78, 5) is 3.37. The van der Waals surface area contributed by atoms with Crippen molar-refractivity contribution in [2.24, 2.45) is 0 Å². The summed E-state index contributed by atoms with van der Waals surface area (Å²) in [5, 5.41) is 9.46. The molecule has 1 aromatic carbocycles. The van der Waals surface area contributed by atoms with Crippen molar-refractivity contribution in [1.29, 1.82) is 5.26 Å². The second-order valence-corrected chi connectivity index (χ2v) is 6.19. The number of aromatic amines is 1. The second-order valence-electron chi connectivity index (χ2n) is 6.19. The summed E-state index contributed by atoms with van der Waals surface area (Å²) in [5.41, 5.74) is 9.89. The third-order valence-electron chi connectivity index (χ3n) is 4.89. The summed E-state index contributed by atoms with van der Waals surface area (Å²) in [6.45, 7) is 8.71. The average molecular weight is 278 g/mol. The van der Waals surface area contributed by atoms with Crippen LogP contribution in [0.15, 0.2) is 12.1 Å². The smallest absolute Gasteiger partial charge is 0.121 e. The summed E-state index contributed by atoms with van der Waals surface area (Å²) in [6, 6.07) is 6.80. The van der Waals surface area contributed by atoms with E-state index in [1.165, 1.54) is 51.9 Å². The number of benzene rings is 1. The summed E-state index contributed by atoms with van der Waals surface area (Å²) >= 11 is 0. The number of hydrogen-bond acceptors (Lipinski definition) is 1. The molecule has 21 heavy (non-hydrogen) atoms. The first-order chi connectivity index (χ1) is 10.1. The molecule has 2 nitrogen and oxygen atoms in total. The van der Waals surface area contributed by atoms with Crippen molar-refractivity contribution < 1.29 is 0 Å². The van der Waals surface area contributed by atoms with Crippen LogP contribution in [-0.2, 0) is 6.42 Å². The number of H-pyrrole nitrogens is 1. The number of aryl methyl sites for hydroxylation is 2. The molecule has 108 valence electrons. The van der Waals surface area contributed by atoms with Crippen LogP contribution in [0, 0.1) is 32.1 Å². The van der Waals surface area contributed by atoms with Crippen LogP contribution in [0.2, 0.25) is 0 Å². The Hall–Kier alpha value is -2.01. The van der Waals surface area contributed by atoms with E-state index in [-0.39, 0.29) is 0 Å². The predicted octanol–water partition coefficient (Wildman–Crippen LogP) is 4.92. The molecule has 1 fully saturated rings. The molecule has 1 aromatic heterocycles. The van der Waals surface area contributed by atoms with Crippen LogP contribution in [0.1, 0.15) is 59.3 Å². The van der Waals surface area contributed by atoms with Gasteiger partial charge in [-0.2, -0.15) is 5.26 Å². The summed E-state index contributed by atoms with van der Waals surface area (Å²) in [7, 11) is 0. The maximum atomic E-state index is 9.46. The maximum Gasteiger partial charge on any atom is 0.121 e. The number of hydrogen-bond donors (Lipinski definition) is 1. The zero-order valence-corrected chi connectivity index (χ0v) is 13.3. The normalized spacial score (nSPS) is 14.2. The Labute approximate surface area is 126 Å².